The molecule has 0 aliphatic rings. The second-order valence-electron chi connectivity index (χ2n) is 5.85. The Kier molecular flexibility index (Phi) is 21.0. The van der Waals surface area contributed by atoms with Crippen molar-refractivity contribution in [3.63, 3.8) is 0 Å². The molecule has 6 nitrogen and oxygen atoms in total. The molecule has 0 bridgehead atoms. The maximum atomic E-state index is 13.6. The van der Waals surface area contributed by atoms with Gasteiger partial charge >= 0.3 is 27.0 Å². The smallest absolute Gasteiger partial charge is 0.421 e. The number of halogens is 4. The maximum absolute atomic E-state index is 13.6. The van der Waals surface area contributed by atoms with Crippen molar-refractivity contribution < 1.29 is 45.9 Å². The monoisotopic (exact) mass is 566 g/mol. The minimum absolute atomic E-state index is 0. The van der Waals surface area contributed by atoms with Crippen LogP contribution in [0, 0.1) is 0 Å². The van der Waals surface area contributed by atoms with Crippen molar-refractivity contribution in [3.05, 3.63) is 65.2 Å². The molecule has 0 aromatic heterocycles. The van der Waals surface area contributed by atoms with Gasteiger partial charge in [-0.2, -0.15) is 29.3 Å². The molecule has 3 N–H and O–H groups in total. The minimum atomic E-state index is -5.61. The van der Waals surface area contributed by atoms with E-state index in [0.29, 0.717) is 17.1 Å². The van der Waals surface area contributed by atoms with Crippen molar-refractivity contribution in [2.75, 3.05) is 0 Å². The summed E-state index contributed by atoms with van der Waals surface area (Å²) in [5.74, 6) is 0.704. The van der Waals surface area contributed by atoms with Crippen LogP contribution in [0.1, 0.15) is 16.7 Å². The average Bonchev–Trinajstić information content (AvgIpc) is 2.62. The molecule has 164 valence electrons. The predicted octanol–water partition coefficient (Wildman–Crippen LogP) is 3.61. The zero-order chi connectivity index (χ0) is 21.9. The van der Waals surface area contributed by atoms with Gasteiger partial charge in [0.15, 0.2) is 0 Å². The van der Waals surface area contributed by atoms with E-state index in [9.17, 15) is 26.7 Å². The van der Waals surface area contributed by atoms with Crippen molar-refractivity contribution in [3.8, 4) is 5.75 Å². The van der Waals surface area contributed by atoms with Crippen LogP contribution in [0.4, 0.5) is 17.6 Å². The predicted molar refractivity (Wildman–Crippen MR) is 123 cm³/mol. The zero-order valence-electron chi connectivity index (χ0n) is 18.5. The Hall–Kier alpha value is 2.65. The molecule has 2 aromatic rings. The van der Waals surface area contributed by atoms with E-state index in [2.05, 4.69) is 4.52 Å². The molecule has 0 saturated heterocycles. The van der Waals surface area contributed by atoms with Crippen molar-refractivity contribution in [1.82, 2.24) is 0 Å². The van der Waals surface area contributed by atoms with Crippen LogP contribution in [0.5, 0.6) is 5.75 Å². The molecule has 17 heteroatoms. The summed E-state index contributed by atoms with van der Waals surface area (Å²) < 4.78 is 78.2. The summed E-state index contributed by atoms with van der Waals surface area (Å²) in [7, 11) is -10.6. The number of rotatable bonds is 9. The number of alkyl halides is 4. The Morgan fingerprint density at radius 1 is 0.818 bits per heavy atom. The van der Waals surface area contributed by atoms with Crippen LogP contribution in [0.25, 0.3) is 0 Å². The maximum Gasteiger partial charge on any atom is 0.442 e. The van der Waals surface area contributed by atoms with Crippen LogP contribution in [0.15, 0.2) is 48.5 Å². The van der Waals surface area contributed by atoms with Crippen molar-refractivity contribution >= 4 is 145 Å². The van der Waals surface area contributed by atoms with E-state index in [-0.39, 0.29) is 124 Å². The van der Waals surface area contributed by atoms with Crippen LogP contribution in [0.3, 0.4) is 0 Å². The molecule has 1 atom stereocenters. The fourth-order valence-electron chi connectivity index (χ4n) is 2.09. The number of benzene rings is 2. The number of hydrogen-bond donors (Lipinski definition) is 3. The van der Waals surface area contributed by atoms with E-state index >= 15 is 0 Å². The van der Waals surface area contributed by atoms with Crippen LogP contribution in [-0.4, -0.2) is 139 Å². The first-order valence-electron chi connectivity index (χ1n) is 7.83. The summed E-state index contributed by atoms with van der Waals surface area (Å²) in [4.78, 5) is 26.4. The van der Waals surface area contributed by atoms with Gasteiger partial charge in [0, 0.05) is 135 Å². The van der Waals surface area contributed by atoms with Gasteiger partial charge in [-0.25, -0.2) is 4.57 Å². The SMILES string of the molecule is O=P(O)(Oc1ccc(CSCc2ccc(C(F)(F)P(=O)(O)O)cc2)cc1)C(F)F.[Na].[Na].[Na].[Na]. The molecule has 4 radical (unpaired) electrons. The third-order valence-electron chi connectivity index (χ3n) is 3.61. The van der Waals surface area contributed by atoms with Gasteiger partial charge in [0.2, 0.25) is 0 Å². The van der Waals surface area contributed by atoms with E-state index in [0.717, 1.165) is 17.7 Å². The Morgan fingerprint density at radius 3 is 1.58 bits per heavy atom. The molecule has 0 heterocycles. The molecule has 0 fully saturated rings. The van der Waals surface area contributed by atoms with Gasteiger partial charge in [0.1, 0.15) is 5.75 Å². The first-order valence-corrected chi connectivity index (χ1v) is 12.2. The molecular weight excluding hydrogens is 550 g/mol. The van der Waals surface area contributed by atoms with E-state index in [1.165, 1.54) is 48.2 Å². The summed E-state index contributed by atoms with van der Waals surface area (Å²) in [5.41, 5.74) is -3.62. The van der Waals surface area contributed by atoms with E-state index in [1.54, 1.807) is 0 Å². The van der Waals surface area contributed by atoms with Gasteiger partial charge in [0.05, 0.1) is 0 Å². The Bertz CT molecular complexity index is 936. The molecule has 1 unspecified atom stereocenters. The topological polar surface area (TPSA) is 104 Å². The third-order valence-corrected chi connectivity index (χ3v) is 6.64. The normalized spacial score (nSPS) is 12.8. The average molecular weight is 566 g/mol. The first kappa shape index (κ1) is 40.2. The van der Waals surface area contributed by atoms with Crippen molar-refractivity contribution in [2.45, 2.75) is 23.3 Å². The Labute approximate surface area is 281 Å². The van der Waals surface area contributed by atoms with Gasteiger partial charge in [0.25, 0.3) is 0 Å². The molecule has 0 spiro atoms. The second kappa shape index (κ2) is 17.3. The molecule has 2 rings (SSSR count). The third kappa shape index (κ3) is 12.4. The zero-order valence-corrected chi connectivity index (χ0v) is 29.1. The second-order valence-corrected chi connectivity index (χ2v) is 10.2. The van der Waals surface area contributed by atoms with Crippen LogP contribution in [-0.2, 0) is 26.3 Å². The van der Waals surface area contributed by atoms with Gasteiger partial charge in [-0.3, -0.25) is 4.57 Å². The van der Waals surface area contributed by atoms with Crippen molar-refractivity contribution in [2.24, 2.45) is 0 Å². The molecule has 0 amide bonds. The summed E-state index contributed by atoms with van der Waals surface area (Å²) in [6.45, 7) is 0. The summed E-state index contributed by atoms with van der Waals surface area (Å²) in [6.07, 6.45) is -3.51. The van der Waals surface area contributed by atoms with Crippen LogP contribution in [0.2, 0.25) is 0 Å². The van der Waals surface area contributed by atoms with Gasteiger partial charge in [-0.15, -0.1) is 0 Å². The van der Waals surface area contributed by atoms with E-state index in [4.69, 9.17) is 14.7 Å². The molecule has 2 aromatic carbocycles. The fourth-order valence-corrected chi connectivity index (χ4v) is 4.04. The molecule has 0 aliphatic carbocycles. The molecule has 33 heavy (non-hydrogen) atoms. The number of hydrogen-bond acceptors (Lipinski definition) is 4. The fraction of sp³-hybridized carbons (Fsp3) is 0.250. The standard InChI is InChI=1S/C16H16F4O6P2S.4Na/c17-15(18)27(21,22)26-14-7-3-12(4-8-14)10-29-9-11-1-5-13(6-2-11)16(19,20)28(23,24)25;;;;/h1-8,15H,9-10H2,(H,21,22)(H2,23,24,25);;;;. The summed E-state index contributed by atoms with van der Waals surface area (Å²) >= 11 is 1.40. The van der Waals surface area contributed by atoms with E-state index in [1.807, 2.05) is 0 Å². The van der Waals surface area contributed by atoms with Crippen LogP contribution >= 0.6 is 27.0 Å². The Morgan fingerprint density at radius 2 is 1.21 bits per heavy atom. The number of thioether (sulfide) groups is 1. The largest absolute Gasteiger partial charge is 0.442 e. The van der Waals surface area contributed by atoms with Crippen LogP contribution < -0.4 is 4.52 Å². The minimum Gasteiger partial charge on any atom is -0.421 e. The Balaban J connectivity index is -0.00000225. The van der Waals surface area contributed by atoms with Gasteiger partial charge in [-0.05, 0) is 23.3 Å². The van der Waals surface area contributed by atoms with E-state index < -0.39 is 32.6 Å². The van der Waals surface area contributed by atoms with Crippen molar-refractivity contribution in [1.29, 1.82) is 0 Å². The molecular formula is C16H16F4Na4O6P2S. The molecule has 0 aliphatic heterocycles. The molecule has 0 saturated carbocycles. The first-order chi connectivity index (χ1) is 13.3. The van der Waals surface area contributed by atoms with Gasteiger partial charge < -0.3 is 19.2 Å². The quantitative estimate of drug-likeness (QED) is 0.242. The summed E-state index contributed by atoms with van der Waals surface area (Å²) in [5, 5.41) is 0. The summed E-state index contributed by atoms with van der Waals surface area (Å²) in [6, 6.07) is 10.2. The van der Waals surface area contributed by atoms with Gasteiger partial charge in [-0.1, -0.05) is 36.4 Å².